The normalized spacial score (nSPS) is 10.6. The van der Waals surface area contributed by atoms with Gasteiger partial charge in [-0.05, 0) is 59.0 Å². The minimum atomic E-state index is 0.0516. The van der Waals surface area contributed by atoms with E-state index in [1.807, 2.05) is 54.6 Å². The lowest BCUT2D eigenvalue weighted by atomic mass is 10.0. The number of aromatic nitrogens is 1. The molecule has 0 fully saturated rings. The Labute approximate surface area is 124 Å². The van der Waals surface area contributed by atoms with E-state index in [-0.39, 0.29) is 5.78 Å². The summed E-state index contributed by atoms with van der Waals surface area (Å²) < 4.78 is 0.969. The number of pyridine rings is 1. The summed E-state index contributed by atoms with van der Waals surface area (Å²) in [5.74, 6) is 0.0516. The Balaban J connectivity index is 2.09. The van der Waals surface area contributed by atoms with Crippen LogP contribution in [-0.4, -0.2) is 10.8 Å². The Morgan fingerprint density at radius 2 is 1.84 bits per heavy atom. The van der Waals surface area contributed by atoms with E-state index in [4.69, 9.17) is 0 Å². The summed E-state index contributed by atoms with van der Waals surface area (Å²) in [6, 6.07) is 17.1. The minimum absolute atomic E-state index is 0.0516. The first-order valence-electron chi connectivity index (χ1n) is 5.90. The fourth-order valence-electron chi connectivity index (χ4n) is 2.02. The van der Waals surface area contributed by atoms with Crippen molar-refractivity contribution in [3.63, 3.8) is 0 Å². The smallest absolute Gasteiger partial charge is 0.194 e. The average Bonchev–Trinajstić information content (AvgIpc) is 2.46. The second kappa shape index (κ2) is 5.09. The van der Waals surface area contributed by atoms with Crippen molar-refractivity contribution in [3.8, 4) is 0 Å². The second-order valence-electron chi connectivity index (χ2n) is 4.22. The zero-order valence-corrected chi connectivity index (χ0v) is 12.2. The van der Waals surface area contributed by atoms with E-state index in [2.05, 4.69) is 27.6 Å². The molecule has 1 heterocycles. The molecule has 3 aromatic rings. The van der Waals surface area contributed by atoms with E-state index in [0.29, 0.717) is 5.56 Å². The molecule has 0 spiro atoms. The molecule has 0 N–H and O–H groups in total. The fraction of sp³-hybridized carbons (Fsp3) is 0. The number of ketones is 1. The van der Waals surface area contributed by atoms with Crippen molar-refractivity contribution in [2.24, 2.45) is 0 Å². The highest BCUT2D eigenvalue weighted by Gasteiger charge is 2.12. The van der Waals surface area contributed by atoms with Crippen LogP contribution < -0.4 is 0 Å². The molecule has 0 atom stereocenters. The van der Waals surface area contributed by atoms with Crippen molar-refractivity contribution in [2.45, 2.75) is 0 Å². The van der Waals surface area contributed by atoms with Crippen molar-refractivity contribution in [1.82, 2.24) is 4.98 Å². The molecule has 0 amide bonds. The number of nitrogens with zero attached hydrogens (tertiary/aromatic N) is 1. The van der Waals surface area contributed by atoms with Gasteiger partial charge in [0.25, 0.3) is 0 Å². The molecule has 2 aromatic carbocycles. The first kappa shape index (κ1) is 12.3. The Kier molecular flexibility index (Phi) is 3.29. The van der Waals surface area contributed by atoms with Gasteiger partial charge < -0.3 is 0 Å². The number of carbonyl (C=O) groups is 1. The zero-order valence-electron chi connectivity index (χ0n) is 10.0. The quantitative estimate of drug-likeness (QED) is 0.510. The number of benzene rings is 2. The van der Waals surface area contributed by atoms with Crippen LogP contribution in [0.5, 0.6) is 0 Å². The van der Waals surface area contributed by atoms with Crippen LogP contribution >= 0.6 is 22.6 Å². The Morgan fingerprint density at radius 1 is 1.00 bits per heavy atom. The third kappa shape index (κ3) is 2.38. The molecule has 0 saturated carbocycles. The van der Waals surface area contributed by atoms with Crippen LogP contribution in [0.4, 0.5) is 0 Å². The molecule has 2 nitrogen and oxygen atoms in total. The molecular formula is C16H10INO. The summed E-state index contributed by atoms with van der Waals surface area (Å²) >= 11 is 2.19. The molecular weight excluding hydrogens is 349 g/mol. The van der Waals surface area contributed by atoms with Crippen molar-refractivity contribution < 1.29 is 4.79 Å². The molecule has 19 heavy (non-hydrogen) atoms. The number of rotatable bonds is 2. The van der Waals surface area contributed by atoms with Gasteiger partial charge in [-0.15, -0.1) is 0 Å². The molecule has 0 aliphatic carbocycles. The number of halogens is 1. The monoisotopic (exact) mass is 359 g/mol. The third-order valence-corrected chi connectivity index (χ3v) is 3.92. The lowest BCUT2D eigenvalue weighted by molar-refractivity contribution is 0.103. The number of hydrogen-bond donors (Lipinski definition) is 0. The van der Waals surface area contributed by atoms with Gasteiger partial charge in [-0.2, -0.15) is 0 Å². The maximum Gasteiger partial charge on any atom is 0.194 e. The molecule has 0 unspecified atom stereocenters. The maximum absolute atomic E-state index is 12.5. The summed E-state index contributed by atoms with van der Waals surface area (Å²) in [6.45, 7) is 0. The number of fused-ring (bicyclic) bond motifs is 1. The molecule has 0 radical (unpaired) electrons. The predicted octanol–water partition coefficient (Wildman–Crippen LogP) is 4.07. The SMILES string of the molecule is O=C(c1ccc2ncccc2c1)c1ccccc1I. The molecule has 0 bridgehead atoms. The lowest BCUT2D eigenvalue weighted by Gasteiger charge is -2.05. The molecule has 0 aliphatic heterocycles. The van der Waals surface area contributed by atoms with Crippen LogP contribution in [0, 0.1) is 3.57 Å². The van der Waals surface area contributed by atoms with Crippen molar-refractivity contribution in [2.75, 3.05) is 0 Å². The Bertz CT molecular complexity index is 767. The van der Waals surface area contributed by atoms with Gasteiger partial charge in [0.15, 0.2) is 5.78 Å². The van der Waals surface area contributed by atoms with Crippen LogP contribution in [0.15, 0.2) is 60.8 Å². The first-order chi connectivity index (χ1) is 9.25. The molecule has 0 saturated heterocycles. The van der Waals surface area contributed by atoms with Crippen LogP contribution in [0.2, 0.25) is 0 Å². The number of hydrogen-bond acceptors (Lipinski definition) is 2. The van der Waals surface area contributed by atoms with Crippen LogP contribution in [0.1, 0.15) is 15.9 Å². The van der Waals surface area contributed by atoms with Gasteiger partial charge >= 0.3 is 0 Å². The van der Waals surface area contributed by atoms with Crippen molar-refractivity contribution >= 4 is 39.3 Å². The first-order valence-corrected chi connectivity index (χ1v) is 6.97. The van der Waals surface area contributed by atoms with E-state index in [9.17, 15) is 4.79 Å². The Hall–Kier alpha value is -1.75. The topological polar surface area (TPSA) is 30.0 Å². The van der Waals surface area contributed by atoms with Gasteiger partial charge in [0.05, 0.1) is 5.52 Å². The standard InChI is InChI=1S/C16H10INO/c17-14-6-2-1-5-13(14)16(19)12-7-8-15-11(10-12)4-3-9-18-15/h1-10H. The van der Waals surface area contributed by atoms with Crippen molar-refractivity contribution in [1.29, 1.82) is 0 Å². The van der Waals surface area contributed by atoms with Gasteiger partial charge in [-0.25, -0.2) is 0 Å². The van der Waals surface area contributed by atoms with E-state index in [1.54, 1.807) is 6.20 Å². The molecule has 3 rings (SSSR count). The van der Waals surface area contributed by atoms with E-state index in [1.165, 1.54) is 0 Å². The van der Waals surface area contributed by atoms with Crippen molar-refractivity contribution in [3.05, 3.63) is 75.5 Å². The van der Waals surface area contributed by atoms with Gasteiger partial charge in [-0.1, -0.05) is 18.2 Å². The van der Waals surface area contributed by atoms with E-state index < -0.39 is 0 Å². The van der Waals surface area contributed by atoms with Gasteiger partial charge in [0.2, 0.25) is 0 Å². The third-order valence-electron chi connectivity index (χ3n) is 2.98. The van der Waals surface area contributed by atoms with E-state index >= 15 is 0 Å². The zero-order chi connectivity index (χ0) is 13.2. The van der Waals surface area contributed by atoms with Gasteiger partial charge in [-0.3, -0.25) is 9.78 Å². The van der Waals surface area contributed by atoms with Gasteiger partial charge in [0, 0.05) is 26.3 Å². The lowest BCUT2D eigenvalue weighted by Crippen LogP contribution is -2.03. The molecule has 3 heteroatoms. The highest BCUT2D eigenvalue weighted by molar-refractivity contribution is 14.1. The highest BCUT2D eigenvalue weighted by atomic mass is 127. The summed E-state index contributed by atoms with van der Waals surface area (Å²) in [5, 5.41) is 0.985. The van der Waals surface area contributed by atoms with E-state index in [0.717, 1.165) is 20.0 Å². The summed E-state index contributed by atoms with van der Waals surface area (Å²) in [5.41, 5.74) is 2.35. The summed E-state index contributed by atoms with van der Waals surface area (Å²) in [7, 11) is 0. The summed E-state index contributed by atoms with van der Waals surface area (Å²) in [4.78, 5) is 16.7. The predicted molar refractivity (Wildman–Crippen MR) is 84.3 cm³/mol. The van der Waals surface area contributed by atoms with Crippen LogP contribution in [-0.2, 0) is 0 Å². The van der Waals surface area contributed by atoms with Crippen LogP contribution in [0.25, 0.3) is 10.9 Å². The maximum atomic E-state index is 12.5. The minimum Gasteiger partial charge on any atom is -0.289 e. The molecule has 0 aliphatic rings. The largest absolute Gasteiger partial charge is 0.289 e. The summed E-state index contributed by atoms with van der Waals surface area (Å²) in [6.07, 6.45) is 1.75. The van der Waals surface area contributed by atoms with Gasteiger partial charge in [0.1, 0.15) is 0 Å². The average molecular weight is 359 g/mol. The molecule has 1 aromatic heterocycles. The fourth-order valence-corrected chi connectivity index (χ4v) is 2.65. The Morgan fingerprint density at radius 3 is 2.68 bits per heavy atom. The van der Waals surface area contributed by atoms with Crippen LogP contribution in [0.3, 0.4) is 0 Å². The molecule has 92 valence electrons. The second-order valence-corrected chi connectivity index (χ2v) is 5.38. The number of carbonyl (C=O) groups excluding carboxylic acids is 1. The highest BCUT2D eigenvalue weighted by Crippen LogP contribution is 2.19.